The molecule has 0 spiro atoms. The van der Waals surface area contributed by atoms with Gasteiger partial charge >= 0.3 is 0 Å². The van der Waals surface area contributed by atoms with Gasteiger partial charge in [0.1, 0.15) is 0 Å². The quantitative estimate of drug-likeness (QED) is 0.337. The summed E-state index contributed by atoms with van der Waals surface area (Å²) < 4.78 is 53.7. The van der Waals surface area contributed by atoms with Crippen molar-refractivity contribution in [2.75, 3.05) is 21.0 Å². The van der Waals surface area contributed by atoms with Gasteiger partial charge in [0, 0.05) is 16.6 Å². The number of rotatable bonds is 7. The Morgan fingerprint density at radius 3 is 2.11 bits per heavy atom. The largest absolute Gasteiger partial charge is 0.322 e. The molecule has 0 heterocycles. The van der Waals surface area contributed by atoms with Gasteiger partial charge < -0.3 is 5.32 Å². The summed E-state index contributed by atoms with van der Waals surface area (Å²) in [6.07, 6.45) is 1.05. The second kappa shape index (κ2) is 9.40. The first-order valence-electron chi connectivity index (χ1n) is 10.5. The van der Waals surface area contributed by atoms with Gasteiger partial charge in [-0.25, -0.2) is 16.8 Å². The average Bonchev–Trinajstić information content (AvgIpc) is 2.80. The highest BCUT2D eigenvalue weighted by molar-refractivity contribution is 7.92. The molecular weight excluding hydrogens is 486 g/mol. The van der Waals surface area contributed by atoms with Crippen molar-refractivity contribution < 1.29 is 21.6 Å². The Morgan fingerprint density at radius 2 is 1.43 bits per heavy atom. The van der Waals surface area contributed by atoms with Crippen LogP contribution in [0.5, 0.6) is 0 Å². The molecule has 0 aliphatic carbocycles. The molecule has 0 aliphatic rings. The van der Waals surface area contributed by atoms with Crippen molar-refractivity contribution in [1.29, 1.82) is 0 Å². The lowest BCUT2D eigenvalue weighted by atomic mass is 10.1. The molecule has 3 N–H and O–H groups in total. The van der Waals surface area contributed by atoms with Crippen LogP contribution in [0.2, 0.25) is 0 Å². The predicted molar refractivity (Wildman–Crippen MR) is 139 cm³/mol. The molecule has 0 radical (unpaired) electrons. The Hall–Kier alpha value is -3.89. The molecule has 0 saturated carbocycles. The molecule has 10 heteroatoms. The highest BCUT2D eigenvalue weighted by Crippen LogP contribution is 2.26. The summed E-state index contributed by atoms with van der Waals surface area (Å²) in [5, 5.41) is 4.42. The van der Waals surface area contributed by atoms with E-state index in [4.69, 9.17) is 0 Å². The third-order valence-corrected chi connectivity index (χ3v) is 7.21. The van der Waals surface area contributed by atoms with E-state index in [1.54, 1.807) is 25.1 Å². The number of carbonyl (C=O) groups excluding carboxylic acids is 1. The first-order valence-corrected chi connectivity index (χ1v) is 13.9. The lowest BCUT2D eigenvalue weighted by Gasteiger charge is -2.12. The average molecular weight is 510 g/mol. The SMILES string of the molecule is Cc1cc(C(=O)Nc2ccc(S(=O)(=O)Nc3cccc4ccccc34)cc2)ccc1NS(C)(=O)=O. The lowest BCUT2D eigenvalue weighted by molar-refractivity contribution is 0.102. The van der Waals surface area contributed by atoms with Crippen LogP contribution in [0.4, 0.5) is 17.1 Å². The zero-order chi connectivity index (χ0) is 25.2. The van der Waals surface area contributed by atoms with Crippen molar-refractivity contribution >= 4 is 53.8 Å². The Bertz CT molecular complexity index is 1630. The second-order valence-corrected chi connectivity index (χ2v) is 11.4. The summed E-state index contributed by atoms with van der Waals surface area (Å²) in [6, 6.07) is 23.3. The maximum absolute atomic E-state index is 12.9. The van der Waals surface area contributed by atoms with E-state index in [-0.39, 0.29) is 4.90 Å². The van der Waals surface area contributed by atoms with E-state index < -0.39 is 26.0 Å². The van der Waals surface area contributed by atoms with Crippen molar-refractivity contribution in [2.45, 2.75) is 11.8 Å². The van der Waals surface area contributed by atoms with Gasteiger partial charge in [0.2, 0.25) is 10.0 Å². The molecule has 4 aromatic carbocycles. The first-order chi connectivity index (χ1) is 16.5. The Balaban J connectivity index is 1.48. The lowest BCUT2D eigenvalue weighted by Crippen LogP contribution is -2.15. The first kappa shape index (κ1) is 24.2. The van der Waals surface area contributed by atoms with Gasteiger partial charge in [0.05, 0.1) is 22.5 Å². The molecule has 4 rings (SSSR count). The number of carbonyl (C=O) groups is 1. The van der Waals surface area contributed by atoms with E-state index in [0.29, 0.717) is 28.2 Å². The van der Waals surface area contributed by atoms with Crippen LogP contribution in [0.15, 0.2) is 89.8 Å². The van der Waals surface area contributed by atoms with Crippen molar-refractivity contribution in [3.8, 4) is 0 Å². The van der Waals surface area contributed by atoms with E-state index in [1.807, 2.05) is 30.3 Å². The molecule has 180 valence electrons. The van der Waals surface area contributed by atoms with Gasteiger partial charge in [-0.1, -0.05) is 36.4 Å². The smallest absolute Gasteiger partial charge is 0.261 e. The maximum atomic E-state index is 12.9. The normalized spacial score (nSPS) is 11.7. The summed E-state index contributed by atoms with van der Waals surface area (Å²) in [4.78, 5) is 12.7. The van der Waals surface area contributed by atoms with Crippen LogP contribution < -0.4 is 14.8 Å². The third kappa shape index (κ3) is 5.79. The number of hydrogen-bond donors (Lipinski definition) is 3. The standard InChI is InChI=1S/C25H23N3O5S2/c1-17-16-19(10-15-23(17)27-34(2,30)31)25(29)26-20-11-13-21(14-12-20)35(32,33)28-24-9-5-7-18-6-3-4-8-22(18)24/h3-16,27-28H,1-2H3,(H,26,29). The summed E-state index contributed by atoms with van der Waals surface area (Å²) in [6.45, 7) is 1.69. The number of aryl methyl sites for hydroxylation is 1. The van der Waals surface area contributed by atoms with E-state index >= 15 is 0 Å². The van der Waals surface area contributed by atoms with Crippen molar-refractivity contribution in [2.24, 2.45) is 0 Å². The van der Waals surface area contributed by atoms with Gasteiger partial charge in [-0.05, 0) is 66.4 Å². The molecular formula is C25H23N3O5S2. The van der Waals surface area contributed by atoms with E-state index in [2.05, 4.69) is 14.8 Å². The monoisotopic (exact) mass is 509 g/mol. The predicted octanol–water partition coefficient (Wildman–Crippen LogP) is 4.57. The minimum Gasteiger partial charge on any atom is -0.322 e. The molecule has 35 heavy (non-hydrogen) atoms. The topological polar surface area (TPSA) is 121 Å². The fourth-order valence-electron chi connectivity index (χ4n) is 3.56. The van der Waals surface area contributed by atoms with Crippen LogP contribution in [-0.4, -0.2) is 29.0 Å². The van der Waals surface area contributed by atoms with E-state index in [1.165, 1.54) is 36.4 Å². The molecule has 0 atom stereocenters. The molecule has 0 unspecified atom stereocenters. The maximum Gasteiger partial charge on any atom is 0.261 e. The summed E-state index contributed by atoms with van der Waals surface area (Å²) in [5.41, 5.74) is 2.19. The zero-order valence-electron chi connectivity index (χ0n) is 18.9. The highest BCUT2D eigenvalue weighted by Gasteiger charge is 2.16. The molecule has 4 aromatic rings. The van der Waals surface area contributed by atoms with Gasteiger partial charge in [0.25, 0.3) is 15.9 Å². The van der Waals surface area contributed by atoms with Crippen LogP contribution in [0.3, 0.4) is 0 Å². The minimum atomic E-state index is -3.85. The van der Waals surface area contributed by atoms with Crippen LogP contribution in [-0.2, 0) is 20.0 Å². The van der Waals surface area contributed by atoms with Gasteiger partial charge in [-0.2, -0.15) is 0 Å². The van der Waals surface area contributed by atoms with Crippen LogP contribution in [0.1, 0.15) is 15.9 Å². The fourth-order valence-corrected chi connectivity index (χ4v) is 5.27. The summed E-state index contributed by atoms with van der Waals surface area (Å²) >= 11 is 0. The highest BCUT2D eigenvalue weighted by atomic mass is 32.2. The molecule has 0 saturated heterocycles. The molecule has 8 nitrogen and oxygen atoms in total. The van der Waals surface area contributed by atoms with Crippen molar-refractivity contribution in [3.63, 3.8) is 0 Å². The summed E-state index contributed by atoms with van der Waals surface area (Å²) in [7, 11) is -7.28. The van der Waals surface area contributed by atoms with E-state index in [0.717, 1.165) is 17.0 Å². The number of anilines is 3. The Kier molecular flexibility index (Phi) is 6.51. The second-order valence-electron chi connectivity index (χ2n) is 8.01. The minimum absolute atomic E-state index is 0.0514. The third-order valence-electron chi connectivity index (χ3n) is 5.24. The number of fused-ring (bicyclic) bond motifs is 1. The molecule has 0 aromatic heterocycles. The van der Waals surface area contributed by atoms with Crippen LogP contribution >= 0.6 is 0 Å². The number of nitrogens with one attached hydrogen (secondary N) is 3. The van der Waals surface area contributed by atoms with Gasteiger partial charge in [-0.3, -0.25) is 14.2 Å². The number of benzene rings is 4. The molecule has 0 bridgehead atoms. The number of hydrogen-bond acceptors (Lipinski definition) is 5. The van der Waals surface area contributed by atoms with E-state index in [9.17, 15) is 21.6 Å². The molecule has 0 aliphatic heterocycles. The van der Waals surface area contributed by atoms with Crippen LogP contribution in [0, 0.1) is 6.92 Å². The van der Waals surface area contributed by atoms with Crippen molar-refractivity contribution in [1.82, 2.24) is 0 Å². The van der Waals surface area contributed by atoms with Crippen molar-refractivity contribution in [3.05, 3.63) is 96.1 Å². The number of amides is 1. The zero-order valence-corrected chi connectivity index (χ0v) is 20.6. The van der Waals surface area contributed by atoms with Gasteiger partial charge in [0.15, 0.2) is 0 Å². The van der Waals surface area contributed by atoms with Gasteiger partial charge in [-0.15, -0.1) is 0 Å². The molecule has 0 fully saturated rings. The van der Waals surface area contributed by atoms with Crippen LogP contribution in [0.25, 0.3) is 10.8 Å². The number of sulfonamides is 2. The molecule has 1 amide bonds. The Morgan fingerprint density at radius 1 is 0.743 bits per heavy atom. The fraction of sp³-hybridized carbons (Fsp3) is 0.0800. The Labute approximate surface area is 204 Å². The summed E-state index contributed by atoms with van der Waals surface area (Å²) in [5.74, 6) is -0.413.